The highest BCUT2D eigenvalue weighted by molar-refractivity contribution is 5.94. The number of hydrogen-bond donors (Lipinski definition) is 2. The van der Waals surface area contributed by atoms with E-state index in [-0.39, 0.29) is 18.6 Å². The van der Waals surface area contributed by atoms with Gasteiger partial charge in [-0.25, -0.2) is 4.79 Å². The van der Waals surface area contributed by atoms with E-state index in [1.807, 2.05) is 54.6 Å². The van der Waals surface area contributed by atoms with E-state index >= 15 is 0 Å². The Bertz CT molecular complexity index is 1010. The number of likely N-dealkylation sites (tertiary alicyclic amines) is 1. The first-order chi connectivity index (χ1) is 14.6. The maximum absolute atomic E-state index is 12.6. The van der Waals surface area contributed by atoms with Gasteiger partial charge in [-0.3, -0.25) is 9.89 Å². The second-order valence-electron chi connectivity index (χ2n) is 7.01. The number of alkyl carbamates (subject to hydrolysis) is 1. The van der Waals surface area contributed by atoms with Crippen molar-refractivity contribution in [3.63, 3.8) is 0 Å². The van der Waals surface area contributed by atoms with E-state index in [4.69, 9.17) is 9.47 Å². The Morgan fingerprint density at radius 3 is 2.57 bits per heavy atom. The van der Waals surface area contributed by atoms with Crippen molar-refractivity contribution in [2.45, 2.75) is 12.6 Å². The minimum Gasteiger partial charge on any atom is -0.497 e. The fraction of sp³-hybridized carbons (Fsp3) is 0.227. The zero-order valence-electron chi connectivity index (χ0n) is 16.5. The van der Waals surface area contributed by atoms with Crippen LogP contribution in [0.3, 0.4) is 0 Å². The van der Waals surface area contributed by atoms with Crippen LogP contribution in [0.15, 0.2) is 60.7 Å². The number of H-pyrrole nitrogens is 1. The molecule has 8 heteroatoms. The van der Waals surface area contributed by atoms with E-state index in [0.29, 0.717) is 24.5 Å². The smallest absolute Gasteiger partial charge is 0.407 e. The molecule has 1 saturated heterocycles. The van der Waals surface area contributed by atoms with Crippen molar-refractivity contribution < 1.29 is 19.1 Å². The molecule has 4 rings (SSSR count). The van der Waals surface area contributed by atoms with Crippen molar-refractivity contribution >= 4 is 12.0 Å². The number of ether oxygens (including phenoxy) is 2. The van der Waals surface area contributed by atoms with Crippen molar-refractivity contribution in [3.8, 4) is 17.0 Å². The summed E-state index contributed by atoms with van der Waals surface area (Å²) in [5.41, 5.74) is 2.90. The van der Waals surface area contributed by atoms with Gasteiger partial charge in [0.15, 0.2) is 0 Å². The van der Waals surface area contributed by atoms with Crippen LogP contribution in [-0.4, -0.2) is 53.3 Å². The topological polar surface area (TPSA) is 96.5 Å². The average molecular weight is 406 g/mol. The van der Waals surface area contributed by atoms with E-state index in [2.05, 4.69) is 15.5 Å². The Morgan fingerprint density at radius 2 is 1.87 bits per heavy atom. The molecule has 1 aliphatic rings. The standard InChI is InChI=1S/C22H22N4O4/c1-29-18-9-7-16(8-10-18)19-11-20(25-24-19)21(27)26-12-17(13-26)23-22(28)30-14-15-5-3-2-4-6-15/h2-11,17H,12-14H2,1H3,(H,23,28)(H,24,25). The van der Waals surface area contributed by atoms with Crippen LogP contribution in [0.5, 0.6) is 5.75 Å². The van der Waals surface area contributed by atoms with E-state index in [1.54, 1.807) is 18.1 Å². The molecular formula is C22H22N4O4. The van der Waals surface area contributed by atoms with Gasteiger partial charge in [0.05, 0.1) is 18.8 Å². The van der Waals surface area contributed by atoms with Crippen molar-refractivity contribution in [1.82, 2.24) is 20.4 Å². The van der Waals surface area contributed by atoms with Crippen molar-refractivity contribution in [3.05, 3.63) is 71.9 Å². The number of hydrogen-bond acceptors (Lipinski definition) is 5. The molecule has 2 N–H and O–H groups in total. The van der Waals surface area contributed by atoms with Crippen LogP contribution >= 0.6 is 0 Å². The van der Waals surface area contributed by atoms with Crippen LogP contribution < -0.4 is 10.1 Å². The molecule has 3 aromatic rings. The van der Waals surface area contributed by atoms with Gasteiger partial charge in [0.1, 0.15) is 18.1 Å². The molecule has 0 aliphatic carbocycles. The summed E-state index contributed by atoms with van der Waals surface area (Å²) in [7, 11) is 1.61. The first-order valence-corrected chi connectivity index (χ1v) is 9.58. The number of rotatable bonds is 6. The summed E-state index contributed by atoms with van der Waals surface area (Å²) in [5, 5.41) is 9.78. The third-order valence-electron chi connectivity index (χ3n) is 4.90. The molecule has 0 unspecified atom stereocenters. The largest absolute Gasteiger partial charge is 0.497 e. The average Bonchev–Trinajstić information content (AvgIpc) is 3.25. The molecule has 1 fully saturated rings. The SMILES string of the molecule is COc1ccc(-c2cc(C(=O)N3CC(NC(=O)OCc4ccccc4)C3)[nH]n2)cc1. The third kappa shape index (κ3) is 4.43. The molecule has 0 bridgehead atoms. The maximum Gasteiger partial charge on any atom is 0.407 e. The Hall–Kier alpha value is -3.81. The van der Waals surface area contributed by atoms with Crippen LogP contribution in [0.1, 0.15) is 16.1 Å². The zero-order valence-corrected chi connectivity index (χ0v) is 16.5. The molecule has 0 spiro atoms. The molecule has 8 nitrogen and oxygen atoms in total. The number of nitrogens with one attached hydrogen (secondary N) is 2. The van der Waals surface area contributed by atoms with Crippen molar-refractivity contribution in [1.29, 1.82) is 0 Å². The highest BCUT2D eigenvalue weighted by Gasteiger charge is 2.33. The van der Waals surface area contributed by atoms with Crippen molar-refractivity contribution in [2.75, 3.05) is 20.2 Å². The Kier molecular flexibility index (Phi) is 5.65. The summed E-state index contributed by atoms with van der Waals surface area (Å²) < 4.78 is 10.4. The van der Waals surface area contributed by atoms with Crippen LogP contribution in [0.4, 0.5) is 4.79 Å². The van der Waals surface area contributed by atoms with E-state index in [9.17, 15) is 9.59 Å². The summed E-state index contributed by atoms with van der Waals surface area (Å²) in [5.74, 6) is 0.602. The molecule has 30 heavy (non-hydrogen) atoms. The lowest BCUT2D eigenvalue weighted by atomic mass is 10.1. The summed E-state index contributed by atoms with van der Waals surface area (Å²) >= 11 is 0. The summed E-state index contributed by atoms with van der Waals surface area (Å²) in [6.45, 7) is 1.07. The number of benzene rings is 2. The molecule has 154 valence electrons. The molecule has 0 atom stereocenters. The quantitative estimate of drug-likeness (QED) is 0.656. The third-order valence-corrected chi connectivity index (χ3v) is 4.90. The first-order valence-electron chi connectivity index (χ1n) is 9.58. The minimum absolute atomic E-state index is 0.124. The highest BCUT2D eigenvalue weighted by atomic mass is 16.5. The summed E-state index contributed by atoms with van der Waals surface area (Å²) in [6, 6.07) is 18.5. The molecule has 0 radical (unpaired) electrons. The van der Waals surface area contributed by atoms with Crippen LogP contribution in [0, 0.1) is 0 Å². The number of aromatic nitrogens is 2. The van der Waals surface area contributed by atoms with Gasteiger partial charge >= 0.3 is 6.09 Å². The highest BCUT2D eigenvalue weighted by Crippen LogP contribution is 2.22. The molecule has 2 aromatic carbocycles. The molecule has 1 aliphatic heterocycles. The van der Waals surface area contributed by atoms with Crippen LogP contribution in [-0.2, 0) is 11.3 Å². The van der Waals surface area contributed by atoms with E-state index in [0.717, 1.165) is 16.9 Å². The predicted octanol–water partition coefficient (Wildman–Crippen LogP) is 2.84. The van der Waals surface area contributed by atoms with Crippen LogP contribution in [0.2, 0.25) is 0 Å². The monoisotopic (exact) mass is 406 g/mol. The van der Waals surface area contributed by atoms with E-state index in [1.165, 1.54) is 0 Å². The van der Waals surface area contributed by atoms with Crippen LogP contribution in [0.25, 0.3) is 11.3 Å². The number of carbonyl (C=O) groups is 2. The Balaban J connectivity index is 1.25. The van der Waals surface area contributed by atoms with Gasteiger partial charge in [0.25, 0.3) is 5.91 Å². The van der Waals surface area contributed by atoms with Gasteiger partial charge in [0, 0.05) is 18.7 Å². The number of carbonyl (C=O) groups excluding carboxylic acids is 2. The number of amides is 2. The van der Waals surface area contributed by atoms with Gasteiger partial charge < -0.3 is 19.7 Å². The fourth-order valence-electron chi connectivity index (χ4n) is 3.18. The maximum atomic E-state index is 12.6. The minimum atomic E-state index is -0.487. The molecule has 0 saturated carbocycles. The van der Waals surface area contributed by atoms with Crippen molar-refractivity contribution in [2.24, 2.45) is 0 Å². The van der Waals surface area contributed by atoms with Gasteiger partial charge in [-0.1, -0.05) is 30.3 Å². The Morgan fingerprint density at radius 1 is 1.13 bits per heavy atom. The molecule has 2 heterocycles. The van der Waals surface area contributed by atoms with E-state index < -0.39 is 6.09 Å². The number of aromatic amines is 1. The van der Waals surface area contributed by atoms with Gasteiger partial charge in [-0.05, 0) is 35.9 Å². The summed E-state index contributed by atoms with van der Waals surface area (Å²) in [6.07, 6.45) is -0.487. The normalized spacial score (nSPS) is 13.4. The molecule has 1 aromatic heterocycles. The fourth-order valence-corrected chi connectivity index (χ4v) is 3.18. The van der Waals surface area contributed by atoms with Gasteiger partial charge in [0.2, 0.25) is 0 Å². The lowest BCUT2D eigenvalue weighted by Gasteiger charge is -2.38. The number of nitrogens with zero attached hydrogens (tertiary/aromatic N) is 2. The first kappa shape index (κ1) is 19.5. The second-order valence-corrected chi connectivity index (χ2v) is 7.01. The second kappa shape index (κ2) is 8.69. The summed E-state index contributed by atoms with van der Waals surface area (Å²) in [4.78, 5) is 26.2. The predicted molar refractivity (Wildman–Crippen MR) is 110 cm³/mol. The molecular weight excluding hydrogens is 384 g/mol. The Labute approximate surface area is 173 Å². The lowest BCUT2D eigenvalue weighted by Crippen LogP contribution is -2.61. The molecule has 2 amide bonds. The lowest BCUT2D eigenvalue weighted by molar-refractivity contribution is 0.0540. The zero-order chi connectivity index (χ0) is 20.9. The number of methoxy groups -OCH3 is 1. The van der Waals surface area contributed by atoms with Gasteiger partial charge in [-0.15, -0.1) is 0 Å². The van der Waals surface area contributed by atoms with Gasteiger partial charge in [-0.2, -0.15) is 5.10 Å².